The summed E-state index contributed by atoms with van der Waals surface area (Å²) in [6.45, 7) is 10.9. The van der Waals surface area contributed by atoms with Gasteiger partial charge in [-0.25, -0.2) is 14.2 Å². The Balaban J connectivity index is 1.76. The first kappa shape index (κ1) is 23.7. The summed E-state index contributed by atoms with van der Waals surface area (Å²) in [6.07, 6.45) is 1.20. The number of nitrogens with one attached hydrogen (secondary N) is 1. The summed E-state index contributed by atoms with van der Waals surface area (Å²) in [7, 11) is -1.24. The molecule has 0 spiro atoms. The van der Waals surface area contributed by atoms with E-state index in [-0.39, 0.29) is 17.7 Å². The number of amides is 1. The number of halogens is 1. The lowest BCUT2D eigenvalue weighted by Gasteiger charge is -2.14. The van der Waals surface area contributed by atoms with Crippen LogP contribution in [0.4, 0.5) is 14.9 Å². The summed E-state index contributed by atoms with van der Waals surface area (Å²) in [5.41, 5.74) is 2.26. The van der Waals surface area contributed by atoms with E-state index in [1.54, 1.807) is 6.07 Å². The second-order valence-electron chi connectivity index (χ2n) is 8.87. The summed E-state index contributed by atoms with van der Waals surface area (Å²) in [4.78, 5) is 16.8. The van der Waals surface area contributed by atoms with E-state index in [9.17, 15) is 9.18 Å². The molecule has 0 aliphatic heterocycles. The molecule has 1 heterocycles. The predicted molar refractivity (Wildman–Crippen MR) is 126 cm³/mol. The molecule has 0 atom stereocenters. The number of hydrogen-bond donors (Lipinski definition) is 1. The average molecular weight is 456 g/mol. The fraction of sp³-hybridized carbons (Fsp3) is 0.333. The van der Waals surface area contributed by atoms with Gasteiger partial charge >= 0.3 is 6.09 Å². The first-order chi connectivity index (χ1) is 15.1. The number of aromatic nitrogens is 2. The SMILES string of the molecule is C[SiH](C)OCc1nc(C(C)(C)C)cn1-c1ccc(NC(=O)OCc2ccccc2)c(F)c1. The molecule has 1 amide bonds. The molecule has 2 aromatic carbocycles. The van der Waals surface area contributed by atoms with Crippen LogP contribution in [-0.4, -0.2) is 24.7 Å². The molecule has 0 aliphatic carbocycles. The molecule has 8 heteroatoms. The van der Waals surface area contributed by atoms with Crippen molar-refractivity contribution in [3.05, 3.63) is 77.6 Å². The second kappa shape index (κ2) is 10.1. The number of ether oxygens (including phenoxy) is 1. The minimum Gasteiger partial charge on any atom is -0.444 e. The third-order valence-corrected chi connectivity index (χ3v) is 5.61. The topological polar surface area (TPSA) is 65.4 Å². The molecule has 0 unspecified atom stereocenters. The van der Waals surface area contributed by atoms with Crippen molar-refractivity contribution in [3.8, 4) is 5.69 Å². The van der Waals surface area contributed by atoms with Gasteiger partial charge in [0.25, 0.3) is 0 Å². The number of rotatable bonds is 7. The Morgan fingerprint density at radius 2 is 1.84 bits per heavy atom. The van der Waals surface area contributed by atoms with Crippen LogP contribution < -0.4 is 5.32 Å². The Hall–Kier alpha value is -2.97. The zero-order valence-corrected chi connectivity index (χ0v) is 20.3. The van der Waals surface area contributed by atoms with Gasteiger partial charge in [0, 0.05) is 23.4 Å². The van der Waals surface area contributed by atoms with Gasteiger partial charge in [-0.2, -0.15) is 0 Å². The minimum absolute atomic E-state index is 0.0513. The van der Waals surface area contributed by atoms with Crippen molar-refractivity contribution in [1.29, 1.82) is 0 Å². The highest BCUT2D eigenvalue weighted by Gasteiger charge is 2.21. The molecule has 0 bridgehead atoms. The molecule has 170 valence electrons. The van der Waals surface area contributed by atoms with E-state index in [0.29, 0.717) is 12.3 Å². The normalized spacial score (nSPS) is 11.6. The van der Waals surface area contributed by atoms with Crippen molar-refractivity contribution in [2.75, 3.05) is 5.32 Å². The smallest absolute Gasteiger partial charge is 0.412 e. The van der Waals surface area contributed by atoms with E-state index in [2.05, 4.69) is 39.2 Å². The molecule has 0 aliphatic rings. The van der Waals surface area contributed by atoms with E-state index >= 15 is 0 Å². The van der Waals surface area contributed by atoms with Crippen molar-refractivity contribution in [2.45, 2.75) is 52.5 Å². The number of carbonyl (C=O) groups excluding carboxylic acids is 1. The molecular formula is C24H30FN3O3Si. The number of benzene rings is 2. The zero-order valence-electron chi connectivity index (χ0n) is 19.2. The minimum atomic E-state index is -1.24. The number of anilines is 1. The molecule has 3 aromatic rings. The molecule has 6 nitrogen and oxygen atoms in total. The predicted octanol–water partition coefficient (Wildman–Crippen LogP) is 5.56. The molecule has 0 fully saturated rings. The van der Waals surface area contributed by atoms with E-state index in [4.69, 9.17) is 14.1 Å². The van der Waals surface area contributed by atoms with Crippen LogP contribution in [0.1, 0.15) is 37.9 Å². The van der Waals surface area contributed by atoms with Gasteiger partial charge in [-0.15, -0.1) is 0 Å². The maximum Gasteiger partial charge on any atom is 0.412 e. The quantitative estimate of drug-likeness (QED) is 0.474. The monoisotopic (exact) mass is 455 g/mol. The van der Waals surface area contributed by atoms with E-state index in [0.717, 1.165) is 17.1 Å². The summed E-state index contributed by atoms with van der Waals surface area (Å²) in [6, 6.07) is 13.9. The molecule has 0 saturated heterocycles. The first-order valence-corrected chi connectivity index (χ1v) is 13.4. The van der Waals surface area contributed by atoms with Gasteiger partial charge < -0.3 is 13.7 Å². The van der Waals surface area contributed by atoms with Crippen molar-refractivity contribution in [1.82, 2.24) is 9.55 Å². The number of carbonyl (C=O) groups is 1. The third-order valence-electron chi connectivity index (χ3n) is 4.77. The molecule has 1 N–H and O–H groups in total. The van der Waals surface area contributed by atoms with Gasteiger partial charge in [0.15, 0.2) is 9.04 Å². The zero-order chi connectivity index (χ0) is 23.3. The maximum atomic E-state index is 14.8. The standard InChI is InChI=1S/C24H30FN3O3Si/c1-24(2,3)21-14-28(22(27-21)16-31-32(4)5)18-11-12-20(19(25)13-18)26-23(29)30-15-17-9-7-6-8-10-17/h6-14,32H,15-16H2,1-5H3,(H,26,29). The molecule has 0 saturated carbocycles. The van der Waals surface area contributed by atoms with Crippen LogP contribution in [0.25, 0.3) is 5.69 Å². The van der Waals surface area contributed by atoms with Crippen molar-refractivity contribution < 1.29 is 18.3 Å². The van der Waals surface area contributed by atoms with Crippen molar-refractivity contribution in [2.24, 2.45) is 0 Å². The van der Waals surface area contributed by atoms with Crippen molar-refractivity contribution >= 4 is 20.8 Å². The fourth-order valence-corrected chi connectivity index (χ4v) is 3.45. The van der Waals surface area contributed by atoms with E-state index in [1.165, 1.54) is 12.1 Å². The number of imidazole rings is 1. The molecule has 32 heavy (non-hydrogen) atoms. The van der Waals surface area contributed by atoms with Crippen LogP contribution in [0.2, 0.25) is 13.1 Å². The molecule has 3 rings (SSSR count). The Morgan fingerprint density at radius 3 is 2.47 bits per heavy atom. The van der Waals surface area contributed by atoms with Crippen LogP contribution in [-0.2, 0) is 27.8 Å². The molecule has 1 aromatic heterocycles. The lowest BCUT2D eigenvalue weighted by atomic mass is 9.93. The molecular weight excluding hydrogens is 425 g/mol. The van der Waals surface area contributed by atoms with Crippen LogP contribution >= 0.6 is 0 Å². The van der Waals surface area contributed by atoms with Crippen LogP contribution in [0.15, 0.2) is 54.7 Å². The van der Waals surface area contributed by atoms with Crippen LogP contribution in [0.5, 0.6) is 0 Å². The lowest BCUT2D eigenvalue weighted by molar-refractivity contribution is 0.155. The second-order valence-corrected chi connectivity index (χ2v) is 11.3. The lowest BCUT2D eigenvalue weighted by Crippen LogP contribution is -2.15. The Kier molecular flexibility index (Phi) is 7.47. The van der Waals surface area contributed by atoms with Crippen LogP contribution in [0, 0.1) is 5.82 Å². The first-order valence-electron chi connectivity index (χ1n) is 10.6. The van der Waals surface area contributed by atoms with Crippen molar-refractivity contribution in [3.63, 3.8) is 0 Å². The van der Waals surface area contributed by atoms with Gasteiger partial charge in [0.2, 0.25) is 0 Å². The van der Waals surface area contributed by atoms with E-state index in [1.807, 2.05) is 41.1 Å². The van der Waals surface area contributed by atoms with Gasteiger partial charge in [-0.3, -0.25) is 5.32 Å². The average Bonchev–Trinajstić information content (AvgIpc) is 3.18. The summed E-state index contributed by atoms with van der Waals surface area (Å²) in [5.74, 6) is 0.161. The highest BCUT2D eigenvalue weighted by atomic mass is 28.3. The Bertz CT molecular complexity index is 1060. The largest absolute Gasteiger partial charge is 0.444 e. The summed E-state index contributed by atoms with van der Waals surface area (Å²) >= 11 is 0. The molecule has 0 radical (unpaired) electrons. The summed E-state index contributed by atoms with van der Waals surface area (Å²) < 4.78 is 27.7. The maximum absolute atomic E-state index is 14.8. The highest BCUT2D eigenvalue weighted by Crippen LogP contribution is 2.26. The Morgan fingerprint density at radius 1 is 1.12 bits per heavy atom. The fourth-order valence-electron chi connectivity index (χ4n) is 2.97. The van der Waals surface area contributed by atoms with Gasteiger partial charge in [0.1, 0.15) is 18.2 Å². The van der Waals surface area contributed by atoms with E-state index < -0.39 is 21.0 Å². The van der Waals surface area contributed by atoms with Gasteiger partial charge in [-0.05, 0) is 30.8 Å². The number of hydrogen-bond acceptors (Lipinski definition) is 4. The summed E-state index contributed by atoms with van der Waals surface area (Å²) in [5, 5.41) is 2.46. The van der Waals surface area contributed by atoms with Gasteiger partial charge in [-0.1, -0.05) is 51.1 Å². The number of nitrogens with zero attached hydrogens (tertiary/aromatic N) is 2. The Labute approximate surface area is 190 Å². The van der Waals surface area contributed by atoms with Gasteiger partial charge in [0.05, 0.1) is 18.0 Å². The third kappa shape index (κ3) is 6.27. The van der Waals surface area contributed by atoms with Crippen LogP contribution in [0.3, 0.4) is 0 Å². The highest BCUT2D eigenvalue weighted by molar-refractivity contribution is 6.48.